The number of rotatable bonds is 4. The Labute approximate surface area is 79.4 Å². The van der Waals surface area contributed by atoms with Gasteiger partial charge in [0.15, 0.2) is 0 Å². The average Bonchev–Trinajstić information content (AvgIpc) is 2.36. The zero-order valence-electron chi connectivity index (χ0n) is 8.67. The SMILES string of the molecule is CCCc1nc(CCO)c(C)n1C. The molecule has 13 heavy (non-hydrogen) atoms. The molecular weight excluding hydrogens is 164 g/mol. The number of aliphatic hydroxyl groups excluding tert-OH is 1. The van der Waals surface area contributed by atoms with Gasteiger partial charge in [0.05, 0.1) is 5.69 Å². The highest BCUT2D eigenvalue weighted by Crippen LogP contribution is 2.11. The molecule has 1 aromatic heterocycles. The Bertz CT molecular complexity index is 252. The molecule has 0 aliphatic heterocycles. The van der Waals surface area contributed by atoms with E-state index in [0.29, 0.717) is 6.42 Å². The van der Waals surface area contributed by atoms with Crippen LogP contribution < -0.4 is 0 Å². The maximum absolute atomic E-state index is 8.82. The minimum atomic E-state index is 0.184. The first-order valence-electron chi connectivity index (χ1n) is 4.82. The molecule has 0 amide bonds. The Morgan fingerprint density at radius 2 is 2.08 bits per heavy atom. The third kappa shape index (κ3) is 2.10. The van der Waals surface area contributed by atoms with Gasteiger partial charge in [-0.1, -0.05) is 6.92 Å². The third-order valence-corrected chi connectivity index (χ3v) is 2.39. The summed E-state index contributed by atoms with van der Waals surface area (Å²) in [7, 11) is 2.04. The summed E-state index contributed by atoms with van der Waals surface area (Å²) in [5.41, 5.74) is 2.21. The van der Waals surface area contributed by atoms with Gasteiger partial charge < -0.3 is 9.67 Å². The van der Waals surface area contributed by atoms with Gasteiger partial charge in [-0.05, 0) is 13.3 Å². The average molecular weight is 182 g/mol. The molecule has 1 rings (SSSR count). The van der Waals surface area contributed by atoms with E-state index in [9.17, 15) is 0 Å². The maximum Gasteiger partial charge on any atom is 0.108 e. The van der Waals surface area contributed by atoms with Crippen molar-refractivity contribution in [2.45, 2.75) is 33.1 Å². The lowest BCUT2D eigenvalue weighted by Gasteiger charge is -2.00. The first kappa shape index (κ1) is 10.3. The monoisotopic (exact) mass is 182 g/mol. The summed E-state index contributed by atoms with van der Waals surface area (Å²) in [5.74, 6) is 1.13. The second kappa shape index (κ2) is 4.42. The topological polar surface area (TPSA) is 38.1 Å². The molecule has 0 radical (unpaired) electrons. The van der Waals surface area contributed by atoms with Gasteiger partial charge in [0.2, 0.25) is 0 Å². The molecule has 0 saturated carbocycles. The third-order valence-electron chi connectivity index (χ3n) is 2.39. The number of nitrogens with zero attached hydrogens (tertiary/aromatic N) is 2. The number of aliphatic hydroxyl groups is 1. The van der Waals surface area contributed by atoms with Crippen LogP contribution in [-0.4, -0.2) is 21.3 Å². The van der Waals surface area contributed by atoms with Crippen LogP contribution in [0, 0.1) is 6.92 Å². The van der Waals surface area contributed by atoms with Crippen LogP contribution in [0.25, 0.3) is 0 Å². The Morgan fingerprint density at radius 1 is 1.38 bits per heavy atom. The van der Waals surface area contributed by atoms with Crippen LogP contribution in [0.5, 0.6) is 0 Å². The molecule has 0 atom stereocenters. The van der Waals surface area contributed by atoms with Crippen molar-refractivity contribution in [1.29, 1.82) is 0 Å². The highest BCUT2D eigenvalue weighted by Gasteiger charge is 2.08. The minimum absolute atomic E-state index is 0.184. The number of aryl methyl sites for hydroxylation is 1. The van der Waals surface area contributed by atoms with Gasteiger partial charge in [0.25, 0.3) is 0 Å². The normalized spacial score (nSPS) is 10.8. The fourth-order valence-corrected chi connectivity index (χ4v) is 1.49. The predicted molar refractivity (Wildman–Crippen MR) is 52.7 cm³/mol. The van der Waals surface area contributed by atoms with Gasteiger partial charge in [-0.25, -0.2) is 4.98 Å². The van der Waals surface area contributed by atoms with Crippen LogP contribution in [0.3, 0.4) is 0 Å². The van der Waals surface area contributed by atoms with Crippen molar-refractivity contribution in [2.75, 3.05) is 6.61 Å². The number of hydrogen-bond acceptors (Lipinski definition) is 2. The first-order chi connectivity index (χ1) is 6.20. The van der Waals surface area contributed by atoms with E-state index in [1.807, 2.05) is 7.05 Å². The van der Waals surface area contributed by atoms with Crippen molar-refractivity contribution < 1.29 is 5.11 Å². The van der Waals surface area contributed by atoms with Gasteiger partial charge >= 0.3 is 0 Å². The lowest BCUT2D eigenvalue weighted by molar-refractivity contribution is 0.298. The van der Waals surface area contributed by atoms with Gasteiger partial charge in [0.1, 0.15) is 5.82 Å². The molecule has 0 spiro atoms. The van der Waals surface area contributed by atoms with E-state index < -0.39 is 0 Å². The molecule has 0 fully saturated rings. The number of aromatic nitrogens is 2. The summed E-state index contributed by atoms with van der Waals surface area (Å²) in [4.78, 5) is 4.49. The zero-order chi connectivity index (χ0) is 9.84. The Hall–Kier alpha value is -0.830. The lowest BCUT2D eigenvalue weighted by Crippen LogP contribution is -1.98. The molecule has 1 aromatic rings. The number of hydrogen-bond donors (Lipinski definition) is 1. The van der Waals surface area contributed by atoms with Crippen molar-refractivity contribution in [2.24, 2.45) is 7.05 Å². The first-order valence-corrected chi connectivity index (χ1v) is 4.82. The summed E-state index contributed by atoms with van der Waals surface area (Å²) in [5, 5.41) is 8.82. The van der Waals surface area contributed by atoms with E-state index in [2.05, 4.69) is 23.4 Å². The second-order valence-corrected chi connectivity index (χ2v) is 3.34. The molecule has 0 aliphatic carbocycles. The molecule has 0 unspecified atom stereocenters. The fourth-order valence-electron chi connectivity index (χ4n) is 1.49. The van der Waals surface area contributed by atoms with Crippen molar-refractivity contribution in [3.8, 4) is 0 Å². The van der Waals surface area contributed by atoms with Crippen molar-refractivity contribution in [1.82, 2.24) is 9.55 Å². The molecule has 74 valence electrons. The van der Waals surface area contributed by atoms with Crippen LogP contribution in [0.1, 0.15) is 30.6 Å². The second-order valence-electron chi connectivity index (χ2n) is 3.34. The molecule has 1 heterocycles. The zero-order valence-corrected chi connectivity index (χ0v) is 8.67. The predicted octanol–water partition coefficient (Wildman–Crippen LogP) is 1.22. The highest BCUT2D eigenvalue weighted by molar-refractivity contribution is 5.15. The number of imidazole rings is 1. The summed E-state index contributed by atoms with van der Waals surface area (Å²) in [6, 6.07) is 0. The van der Waals surface area contributed by atoms with Gasteiger partial charge in [-0.3, -0.25) is 0 Å². The Kier molecular flexibility index (Phi) is 3.48. The Morgan fingerprint density at radius 3 is 2.62 bits per heavy atom. The summed E-state index contributed by atoms with van der Waals surface area (Å²) >= 11 is 0. The molecular formula is C10H18N2O. The van der Waals surface area contributed by atoms with Crippen LogP contribution >= 0.6 is 0 Å². The van der Waals surface area contributed by atoms with Gasteiger partial charge in [-0.15, -0.1) is 0 Å². The smallest absolute Gasteiger partial charge is 0.108 e. The van der Waals surface area contributed by atoms with E-state index in [4.69, 9.17) is 5.11 Å². The van der Waals surface area contributed by atoms with Crippen LogP contribution in [0.4, 0.5) is 0 Å². The molecule has 0 saturated heterocycles. The molecule has 0 bridgehead atoms. The van der Waals surface area contributed by atoms with Crippen molar-refractivity contribution in [3.05, 3.63) is 17.2 Å². The van der Waals surface area contributed by atoms with Crippen LogP contribution in [-0.2, 0) is 19.9 Å². The highest BCUT2D eigenvalue weighted by atomic mass is 16.3. The molecule has 0 aliphatic rings. The van der Waals surface area contributed by atoms with E-state index in [0.717, 1.165) is 24.4 Å². The van der Waals surface area contributed by atoms with Gasteiger partial charge in [-0.2, -0.15) is 0 Å². The molecule has 0 aromatic carbocycles. The molecule has 1 N–H and O–H groups in total. The standard InChI is InChI=1S/C10H18N2O/c1-4-5-10-11-9(6-7-13)8(2)12(10)3/h13H,4-7H2,1-3H3. The lowest BCUT2D eigenvalue weighted by atomic mass is 10.3. The largest absolute Gasteiger partial charge is 0.396 e. The van der Waals surface area contributed by atoms with Crippen LogP contribution in [0.15, 0.2) is 0 Å². The summed E-state index contributed by atoms with van der Waals surface area (Å²) in [6.07, 6.45) is 2.80. The van der Waals surface area contributed by atoms with Crippen LogP contribution in [0.2, 0.25) is 0 Å². The van der Waals surface area contributed by atoms with Crippen molar-refractivity contribution >= 4 is 0 Å². The molecule has 3 heteroatoms. The van der Waals surface area contributed by atoms with E-state index in [1.54, 1.807) is 0 Å². The quantitative estimate of drug-likeness (QED) is 0.760. The van der Waals surface area contributed by atoms with E-state index in [1.165, 1.54) is 5.69 Å². The minimum Gasteiger partial charge on any atom is -0.396 e. The molecule has 3 nitrogen and oxygen atoms in total. The van der Waals surface area contributed by atoms with Gasteiger partial charge in [0, 0.05) is 32.2 Å². The maximum atomic E-state index is 8.82. The fraction of sp³-hybridized carbons (Fsp3) is 0.700. The van der Waals surface area contributed by atoms with E-state index in [-0.39, 0.29) is 6.61 Å². The van der Waals surface area contributed by atoms with Crippen molar-refractivity contribution in [3.63, 3.8) is 0 Å². The summed E-state index contributed by atoms with van der Waals surface area (Å²) < 4.78 is 2.12. The van der Waals surface area contributed by atoms with E-state index >= 15 is 0 Å². The summed E-state index contributed by atoms with van der Waals surface area (Å²) in [6.45, 7) is 4.39. The Balaban J connectivity index is 2.90.